The summed E-state index contributed by atoms with van der Waals surface area (Å²) >= 11 is 0. The van der Waals surface area contributed by atoms with E-state index in [2.05, 4.69) is 23.6 Å². The summed E-state index contributed by atoms with van der Waals surface area (Å²) in [5, 5.41) is 20.0. The van der Waals surface area contributed by atoms with E-state index < -0.39 is 0 Å². The smallest absolute Gasteiger partial charge is 0.0664 e. The summed E-state index contributed by atoms with van der Waals surface area (Å²) in [4.78, 5) is 5.02. The zero-order valence-electron chi connectivity index (χ0n) is 13.9. The molecule has 1 saturated carbocycles. The molecule has 1 heterocycles. The van der Waals surface area contributed by atoms with E-state index in [1.807, 2.05) is 0 Å². The predicted octanol–water partition coefficient (Wildman–Crippen LogP) is 1.85. The lowest BCUT2D eigenvalue weighted by molar-refractivity contribution is -0.0570. The van der Waals surface area contributed by atoms with Crippen LogP contribution in [0.1, 0.15) is 58.8 Å². The van der Waals surface area contributed by atoms with Gasteiger partial charge in [0.15, 0.2) is 0 Å². The fourth-order valence-electron chi connectivity index (χ4n) is 4.03. The summed E-state index contributed by atoms with van der Waals surface area (Å²) in [7, 11) is 0. The van der Waals surface area contributed by atoms with Gasteiger partial charge in [-0.1, -0.05) is 33.1 Å². The van der Waals surface area contributed by atoms with Crippen LogP contribution < -0.4 is 0 Å². The molecule has 0 aromatic carbocycles. The maximum absolute atomic E-state index is 10.1. The van der Waals surface area contributed by atoms with E-state index in [0.29, 0.717) is 0 Å². The molecule has 1 aliphatic heterocycles. The summed E-state index contributed by atoms with van der Waals surface area (Å²) in [5.74, 6) is 0. The standard InChI is InChI=1S/C17H34N2O2/c1-3-15(20)12-18-10-11-19(13-16(21)4-2)17(14-18)8-6-5-7-9-17/h15-16,20-21H,3-14H2,1-2H3/t15-,16-/m1/s1. The van der Waals surface area contributed by atoms with Crippen molar-refractivity contribution in [3.63, 3.8) is 0 Å². The molecule has 2 rings (SSSR count). The topological polar surface area (TPSA) is 46.9 Å². The van der Waals surface area contributed by atoms with E-state index >= 15 is 0 Å². The van der Waals surface area contributed by atoms with Gasteiger partial charge in [0, 0.05) is 38.3 Å². The van der Waals surface area contributed by atoms with Gasteiger partial charge in [0.2, 0.25) is 0 Å². The van der Waals surface area contributed by atoms with Crippen LogP contribution in [0.15, 0.2) is 0 Å². The first-order valence-corrected chi connectivity index (χ1v) is 8.93. The maximum atomic E-state index is 10.1. The van der Waals surface area contributed by atoms with Gasteiger partial charge in [-0.15, -0.1) is 0 Å². The molecule has 1 spiro atoms. The highest BCUT2D eigenvalue weighted by atomic mass is 16.3. The highest BCUT2D eigenvalue weighted by molar-refractivity contribution is 4.99. The third-order valence-corrected chi connectivity index (χ3v) is 5.50. The van der Waals surface area contributed by atoms with Crippen LogP contribution in [0.4, 0.5) is 0 Å². The van der Waals surface area contributed by atoms with E-state index in [0.717, 1.165) is 45.6 Å². The molecule has 1 aliphatic carbocycles. The van der Waals surface area contributed by atoms with Gasteiger partial charge in [-0.25, -0.2) is 0 Å². The normalized spacial score (nSPS) is 26.9. The van der Waals surface area contributed by atoms with Crippen LogP contribution in [0.3, 0.4) is 0 Å². The largest absolute Gasteiger partial charge is 0.392 e. The van der Waals surface area contributed by atoms with Gasteiger partial charge in [0.1, 0.15) is 0 Å². The van der Waals surface area contributed by atoms with Crippen LogP contribution in [0.5, 0.6) is 0 Å². The van der Waals surface area contributed by atoms with Crippen molar-refractivity contribution in [3.8, 4) is 0 Å². The number of β-amino-alcohol motifs (C(OH)–C–C–N with tert-alkyl or cyclic N) is 2. The van der Waals surface area contributed by atoms with Gasteiger partial charge >= 0.3 is 0 Å². The number of hydrogen-bond acceptors (Lipinski definition) is 4. The Morgan fingerprint density at radius 2 is 1.52 bits per heavy atom. The summed E-state index contributed by atoms with van der Waals surface area (Å²) in [6.07, 6.45) is 7.75. The number of aliphatic hydroxyl groups excluding tert-OH is 2. The van der Waals surface area contributed by atoms with E-state index in [4.69, 9.17) is 0 Å². The molecule has 124 valence electrons. The van der Waals surface area contributed by atoms with Gasteiger partial charge in [0.05, 0.1) is 12.2 Å². The fraction of sp³-hybridized carbons (Fsp3) is 1.00. The van der Waals surface area contributed by atoms with Crippen molar-refractivity contribution in [1.82, 2.24) is 9.80 Å². The highest BCUT2D eigenvalue weighted by Gasteiger charge is 2.42. The number of hydrogen-bond donors (Lipinski definition) is 2. The maximum Gasteiger partial charge on any atom is 0.0664 e. The summed E-state index contributed by atoms with van der Waals surface area (Å²) < 4.78 is 0. The SMILES string of the molecule is CC[C@@H](O)CN1CCN(C[C@H](O)CC)C2(CCCCC2)C1. The summed E-state index contributed by atoms with van der Waals surface area (Å²) in [6, 6.07) is 0. The number of piperazine rings is 1. The Bertz CT molecular complexity index is 305. The second-order valence-corrected chi connectivity index (χ2v) is 7.09. The van der Waals surface area contributed by atoms with Crippen LogP contribution in [-0.2, 0) is 0 Å². The minimum absolute atomic E-state index is 0.196. The molecule has 21 heavy (non-hydrogen) atoms. The molecule has 4 nitrogen and oxygen atoms in total. The van der Waals surface area contributed by atoms with Gasteiger partial charge in [-0.05, 0) is 25.7 Å². The summed E-state index contributed by atoms with van der Waals surface area (Å²) in [5.41, 5.74) is 0.250. The van der Waals surface area contributed by atoms with Crippen molar-refractivity contribution in [2.45, 2.75) is 76.5 Å². The monoisotopic (exact) mass is 298 g/mol. The molecular weight excluding hydrogens is 264 g/mol. The van der Waals surface area contributed by atoms with Crippen molar-refractivity contribution < 1.29 is 10.2 Å². The molecule has 0 amide bonds. The van der Waals surface area contributed by atoms with Crippen LogP contribution in [0.25, 0.3) is 0 Å². The van der Waals surface area contributed by atoms with E-state index in [1.165, 1.54) is 32.1 Å². The molecule has 0 radical (unpaired) electrons. The van der Waals surface area contributed by atoms with E-state index in [9.17, 15) is 10.2 Å². The van der Waals surface area contributed by atoms with E-state index in [-0.39, 0.29) is 17.7 Å². The Morgan fingerprint density at radius 3 is 2.14 bits per heavy atom. The van der Waals surface area contributed by atoms with Crippen molar-refractivity contribution >= 4 is 0 Å². The molecule has 0 aromatic heterocycles. The third-order valence-electron chi connectivity index (χ3n) is 5.50. The molecule has 2 fully saturated rings. The van der Waals surface area contributed by atoms with Gasteiger partial charge in [0.25, 0.3) is 0 Å². The zero-order chi connectivity index (χ0) is 15.3. The number of rotatable bonds is 6. The predicted molar refractivity (Wildman–Crippen MR) is 86.4 cm³/mol. The molecule has 4 heteroatoms. The number of aliphatic hydroxyl groups is 2. The molecule has 2 atom stereocenters. The van der Waals surface area contributed by atoms with Crippen LogP contribution >= 0.6 is 0 Å². The van der Waals surface area contributed by atoms with Crippen molar-refractivity contribution in [1.29, 1.82) is 0 Å². The molecule has 1 saturated heterocycles. The van der Waals surface area contributed by atoms with Crippen LogP contribution in [-0.4, -0.2) is 70.5 Å². The second kappa shape index (κ2) is 7.91. The molecule has 2 N–H and O–H groups in total. The molecule has 2 aliphatic rings. The molecule has 0 bridgehead atoms. The van der Waals surface area contributed by atoms with Crippen molar-refractivity contribution in [2.24, 2.45) is 0 Å². The third kappa shape index (κ3) is 4.41. The van der Waals surface area contributed by atoms with Gasteiger partial charge < -0.3 is 10.2 Å². The van der Waals surface area contributed by atoms with E-state index in [1.54, 1.807) is 0 Å². The quantitative estimate of drug-likeness (QED) is 0.785. The average Bonchev–Trinajstić information content (AvgIpc) is 2.50. The minimum atomic E-state index is -0.198. The summed E-state index contributed by atoms with van der Waals surface area (Å²) in [6.45, 7) is 8.87. The molecular formula is C17H34N2O2. The zero-order valence-corrected chi connectivity index (χ0v) is 13.9. The van der Waals surface area contributed by atoms with Crippen molar-refractivity contribution in [3.05, 3.63) is 0 Å². The lowest BCUT2D eigenvalue weighted by Gasteiger charge is -2.53. The van der Waals surface area contributed by atoms with Gasteiger partial charge in [-0.3, -0.25) is 9.80 Å². The first kappa shape index (κ1) is 17.2. The lowest BCUT2D eigenvalue weighted by atomic mass is 9.78. The average molecular weight is 298 g/mol. The Balaban J connectivity index is 2.02. The van der Waals surface area contributed by atoms with Crippen molar-refractivity contribution in [2.75, 3.05) is 32.7 Å². The van der Waals surface area contributed by atoms with Crippen LogP contribution in [0.2, 0.25) is 0 Å². The molecule has 0 aromatic rings. The molecule has 0 unspecified atom stereocenters. The Labute approximate surface area is 130 Å². The Hall–Kier alpha value is -0.160. The van der Waals surface area contributed by atoms with Crippen LogP contribution in [0, 0.1) is 0 Å². The first-order valence-electron chi connectivity index (χ1n) is 8.93. The minimum Gasteiger partial charge on any atom is -0.392 e. The lowest BCUT2D eigenvalue weighted by Crippen LogP contribution is -2.64. The number of nitrogens with zero attached hydrogens (tertiary/aromatic N) is 2. The Morgan fingerprint density at radius 1 is 0.905 bits per heavy atom. The highest BCUT2D eigenvalue weighted by Crippen LogP contribution is 2.36. The fourth-order valence-corrected chi connectivity index (χ4v) is 4.03. The second-order valence-electron chi connectivity index (χ2n) is 7.09. The first-order chi connectivity index (χ1) is 10.1. The van der Waals surface area contributed by atoms with Gasteiger partial charge in [-0.2, -0.15) is 0 Å². The Kier molecular flexibility index (Phi) is 6.48.